The van der Waals surface area contributed by atoms with Gasteiger partial charge in [-0.15, -0.1) is 0 Å². The van der Waals surface area contributed by atoms with E-state index in [9.17, 15) is 4.79 Å². The maximum Gasteiger partial charge on any atom is 0.133 e. The zero-order valence-electron chi connectivity index (χ0n) is 9.04. The van der Waals surface area contributed by atoms with Crippen LogP contribution in [0.15, 0.2) is 0 Å². The zero-order chi connectivity index (χ0) is 9.71. The fraction of sp³-hybridized carbons (Fsp3) is 0.923. The molecule has 0 aromatic rings. The molecule has 14 heavy (non-hydrogen) atoms. The van der Waals surface area contributed by atoms with Crippen LogP contribution in [0, 0.1) is 29.6 Å². The van der Waals surface area contributed by atoms with Crippen molar-refractivity contribution in [2.75, 3.05) is 0 Å². The van der Waals surface area contributed by atoms with Crippen LogP contribution in [0.25, 0.3) is 0 Å². The minimum atomic E-state index is 0.532. The summed E-state index contributed by atoms with van der Waals surface area (Å²) in [5, 5.41) is 0. The highest BCUT2D eigenvalue weighted by Crippen LogP contribution is 2.56. The standard InChI is InChI=1S/C13H20O/c1-8-9-2-3-10(6-9)13(8)11-4-5-12(14)7-11/h8-11,13H,2-7H2,1H3/t8-,9+,10-,11-,13-/m1/s1. The monoisotopic (exact) mass is 192 g/mol. The molecule has 1 heteroatoms. The molecular formula is C13H20O. The summed E-state index contributed by atoms with van der Waals surface area (Å²) in [6.07, 6.45) is 7.42. The van der Waals surface area contributed by atoms with Gasteiger partial charge in [0.2, 0.25) is 0 Å². The van der Waals surface area contributed by atoms with Gasteiger partial charge in [0.1, 0.15) is 5.78 Å². The Morgan fingerprint density at radius 1 is 1.07 bits per heavy atom. The van der Waals surface area contributed by atoms with Crippen LogP contribution in [-0.2, 0) is 4.79 Å². The second kappa shape index (κ2) is 3.08. The smallest absolute Gasteiger partial charge is 0.133 e. The van der Waals surface area contributed by atoms with E-state index >= 15 is 0 Å². The largest absolute Gasteiger partial charge is 0.300 e. The Morgan fingerprint density at radius 2 is 1.86 bits per heavy atom. The molecule has 78 valence electrons. The highest BCUT2D eigenvalue weighted by molar-refractivity contribution is 5.80. The summed E-state index contributed by atoms with van der Waals surface area (Å²) in [6.45, 7) is 2.44. The lowest BCUT2D eigenvalue weighted by Gasteiger charge is -2.32. The van der Waals surface area contributed by atoms with Gasteiger partial charge in [0.05, 0.1) is 0 Å². The Labute approximate surface area is 86.3 Å². The van der Waals surface area contributed by atoms with Gasteiger partial charge in [-0.05, 0) is 55.3 Å². The molecule has 3 saturated carbocycles. The highest BCUT2D eigenvalue weighted by atomic mass is 16.1. The average molecular weight is 192 g/mol. The van der Waals surface area contributed by atoms with E-state index in [2.05, 4.69) is 6.92 Å². The Hall–Kier alpha value is -0.330. The van der Waals surface area contributed by atoms with E-state index in [0.29, 0.717) is 5.78 Å². The molecule has 0 radical (unpaired) electrons. The second-order valence-corrected chi connectivity index (χ2v) is 5.81. The van der Waals surface area contributed by atoms with Crippen molar-refractivity contribution in [3.05, 3.63) is 0 Å². The number of ketones is 1. The topological polar surface area (TPSA) is 17.1 Å². The first kappa shape index (κ1) is 8.94. The summed E-state index contributed by atoms with van der Waals surface area (Å²) < 4.78 is 0. The van der Waals surface area contributed by atoms with Gasteiger partial charge in [0, 0.05) is 12.8 Å². The normalized spacial score (nSPS) is 51.8. The molecule has 1 nitrogen and oxygen atoms in total. The third-order valence-electron chi connectivity index (χ3n) is 5.24. The predicted octanol–water partition coefficient (Wildman–Crippen LogP) is 3.04. The molecule has 0 amide bonds. The highest BCUT2D eigenvalue weighted by Gasteiger charge is 2.49. The zero-order valence-corrected chi connectivity index (χ0v) is 9.04. The van der Waals surface area contributed by atoms with Crippen molar-refractivity contribution in [1.82, 2.24) is 0 Å². The first-order valence-corrected chi connectivity index (χ1v) is 6.27. The molecule has 0 unspecified atom stereocenters. The van der Waals surface area contributed by atoms with Crippen molar-refractivity contribution < 1.29 is 4.79 Å². The molecule has 0 aromatic carbocycles. The van der Waals surface area contributed by atoms with Crippen LogP contribution >= 0.6 is 0 Å². The van der Waals surface area contributed by atoms with E-state index in [1.54, 1.807) is 0 Å². The summed E-state index contributed by atoms with van der Waals surface area (Å²) in [6, 6.07) is 0. The van der Waals surface area contributed by atoms with Gasteiger partial charge in [0.15, 0.2) is 0 Å². The number of Topliss-reactive ketones (excluding diaryl/α,β-unsaturated/α-hetero) is 1. The van der Waals surface area contributed by atoms with Crippen LogP contribution < -0.4 is 0 Å². The lowest BCUT2D eigenvalue weighted by atomic mass is 9.72. The van der Waals surface area contributed by atoms with E-state index < -0.39 is 0 Å². The summed E-state index contributed by atoms with van der Waals surface area (Å²) in [5.41, 5.74) is 0. The number of rotatable bonds is 1. The van der Waals surface area contributed by atoms with Gasteiger partial charge >= 0.3 is 0 Å². The summed E-state index contributed by atoms with van der Waals surface area (Å²) in [7, 11) is 0. The van der Waals surface area contributed by atoms with Crippen molar-refractivity contribution in [2.45, 2.75) is 45.4 Å². The summed E-state index contributed by atoms with van der Waals surface area (Å²) in [5.74, 6) is 5.15. The third kappa shape index (κ3) is 1.17. The number of fused-ring (bicyclic) bond motifs is 2. The fourth-order valence-corrected chi connectivity index (χ4v) is 4.61. The first-order chi connectivity index (χ1) is 6.75. The van der Waals surface area contributed by atoms with E-state index in [0.717, 1.165) is 42.4 Å². The van der Waals surface area contributed by atoms with E-state index in [4.69, 9.17) is 0 Å². The molecule has 0 aliphatic heterocycles. The van der Waals surface area contributed by atoms with Crippen LogP contribution in [0.2, 0.25) is 0 Å². The Balaban J connectivity index is 1.76. The van der Waals surface area contributed by atoms with Gasteiger partial charge < -0.3 is 0 Å². The predicted molar refractivity (Wildman–Crippen MR) is 55.8 cm³/mol. The minimum Gasteiger partial charge on any atom is -0.300 e. The molecule has 3 fully saturated rings. The van der Waals surface area contributed by atoms with Gasteiger partial charge in [-0.3, -0.25) is 4.79 Å². The van der Waals surface area contributed by atoms with Crippen LogP contribution in [-0.4, -0.2) is 5.78 Å². The fourth-order valence-electron chi connectivity index (χ4n) is 4.61. The van der Waals surface area contributed by atoms with Crippen molar-refractivity contribution >= 4 is 5.78 Å². The number of hydrogen-bond acceptors (Lipinski definition) is 1. The molecule has 3 aliphatic carbocycles. The van der Waals surface area contributed by atoms with Gasteiger partial charge in [-0.25, -0.2) is 0 Å². The van der Waals surface area contributed by atoms with Crippen LogP contribution in [0.3, 0.4) is 0 Å². The number of carbonyl (C=O) groups is 1. The molecule has 3 aliphatic rings. The molecule has 0 spiro atoms. The number of carbonyl (C=O) groups excluding carboxylic acids is 1. The van der Waals surface area contributed by atoms with Crippen molar-refractivity contribution in [3.8, 4) is 0 Å². The van der Waals surface area contributed by atoms with Gasteiger partial charge in [-0.2, -0.15) is 0 Å². The summed E-state index contributed by atoms with van der Waals surface area (Å²) >= 11 is 0. The Kier molecular flexibility index (Phi) is 1.97. The third-order valence-corrected chi connectivity index (χ3v) is 5.24. The van der Waals surface area contributed by atoms with Crippen molar-refractivity contribution in [2.24, 2.45) is 29.6 Å². The SMILES string of the molecule is C[C@@H]1[C@H]2CC[C@H](C2)[C@@H]1[C@@H]1CCC(=O)C1. The van der Waals surface area contributed by atoms with Crippen molar-refractivity contribution in [1.29, 1.82) is 0 Å². The van der Waals surface area contributed by atoms with E-state index in [1.807, 2.05) is 0 Å². The molecule has 0 saturated heterocycles. The van der Waals surface area contributed by atoms with E-state index in [1.165, 1.54) is 25.7 Å². The lowest BCUT2D eigenvalue weighted by Crippen LogP contribution is -2.26. The quantitative estimate of drug-likeness (QED) is 0.624. The second-order valence-electron chi connectivity index (χ2n) is 5.81. The maximum absolute atomic E-state index is 11.3. The maximum atomic E-state index is 11.3. The van der Waals surface area contributed by atoms with Gasteiger partial charge in [-0.1, -0.05) is 6.92 Å². The summed E-state index contributed by atoms with van der Waals surface area (Å²) in [4.78, 5) is 11.3. The average Bonchev–Trinajstić information content (AvgIpc) is 2.80. The molecule has 2 bridgehead atoms. The van der Waals surface area contributed by atoms with Crippen LogP contribution in [0.4, 0.5) is 0 Å². The molecule has 0 heterocycles. The van der Waals surface area contributed by atoms with Crippen LogP contribution in [0.1, 0.15) is 45.4 Å². The Bertz CT molecular complexity index is 256. The first-order valence-electron chi connectivity index (χ1n) is 6.27. The molecule has 0 N–H and O–H groups in total. The number of hydrogen-bond donors (Lipinski definition) is 0. The minimum absolute atomic E-state index is 0.532. The molecular weight excluding hydrogens is 172 g/mol. The molecule has 3 rings (SSSR count). The van der Waals surface area contributed by atoms with Crippen LogP contribution in [0.5, 0.6) is 0 Å². The molecule has 5 atom stereocenters. The van der Waals surface area contributed by atoms with Gasteiger partial charge in [0.25, 0.3) is 0 Å². The lowest BCUT2D eigenvalue weighted by molar-refractivity contribution is -0.117. The molecule has 0 aromatic heterocycles. The Morgan fingerprint density at radius 3 is 2.43 bits per heavy atom. The van der Waals surface area contributed by atoms with Crippen molar-refractivity contribution in [3.63, 3.8) is 0 Å². The van der Waals surface area contributed by atoms with E-state index in [-0.39, 0.29) is 0 Å².